The maximum Gasteiger partial charge on any atom is 0.124 e. The highest BCUT2D eigenvalue weighted by Gasteiger charge is 2.08. The van der Waals surface area contributed by atoms with Crippen molar-refractivity contribution < 1.29 is 0 Å². The van der Waals surface area contributed by atoms with Gasteiger partial charge in [0.25, 0.3) is 0 Å². The van der Waals surface area contributed by atoms with Crippen molar-refractivity contribution in [1.29, 1.82) is 0 Å². The zero-order valence-electron chi connectivity index (χ0n) is 9.82. The number of nitrogens with zero attached hydrogens (tertiary/aromatic N) is 3. The van der Waals surface area contributed by atoms with Crippen LogP contribution in [0, 0.1) is 0 Å². The number of para-hydroxylation sites is 1. The molecule has 0 amide bonds. The van der Waals surface area contributed by atoms with Crippen molar-refractivity contribution in [3.05, 3.63) is 48.3 Å². The summed E-state index contributed by atoms with van der Waals surface area (Å²) >= 11 is 3.66. The SMILES string of the molecule is c1ccc(-n2cc(CSC3=NCCS3)cn2)cc1. The minimum absolute atomic E-state index is 0.943. The minimum atomic E-state index is 0.943. The molecule has 0 aliphatic carbocycles. The van der Waals surface area contributed by atoms with E-state index in [2.05, 4.69) is 28.4 Å². The topological polar surface area (TPSA) is 30.2 Å². The lowest BCUT2D eigenvalue weighted by Crippen LogP contribution is -1.92. The Morgan fingerprint density at radius 2 is 2.17 bits per heavy atom. The van der Waals surface area contributed by atoms with Gasteiger partial charge < -0.3 is 0 Å². The van der Waals surface area contributed by atoms with Gasteiger partial charge in [0.05, 0.1) is 18.4 Å². The number of hydrogen-bond acceptors (Lipinski definition) is 4. The van der Waals surface area contributed by atoms with Crippen LogP contribution in [0.5, 0.6) is 0 Å². The molecule has 0 N–H and O–H groups in total. The van der Waals surface area contributed by atoms with E-state index in [0.717, 1.165) is 23.7 Å². The Hall–Kier alpha value is -1.20. The lowest BCUT2D eigenvalue weighted by atomic mass is 10.3. The highest BCUT2D eigenvalue weighted by molar-refractivity contribution is 8.38. The Balaban J connectivity index is 1.66. The summed E-state index contributed by atoms with van der Waals surface area (Å²) in [6.07, 6.45) is 4.02. The van der Waals surface area contributed by atoms with Crippen molar-refractivity contribution in [3.8, 4) is 5.69 Å². The van der Waals surface area contributed by atoms with Crippen LogP contribution in [0.4, 0.5) is 0 Å². The van der Waals surface area contributed by atoms with E-state index in [1.54, 1.807) is 11.8 Å². The van der Waals surface area contributed by atoms with Crippen molar-refractivity contribution in [3.63, 3.8) is 0 Å². The van der Waals surface area contributed by atoms with Gasteiger partial charge in [-0.15, -0.1) is 0 Å². The van der Waals surface area contributed by atoms with Gasteiger partial charge in [-0.2, -0.15) is 5.10 Å². The van der Waals surface area contributed by atoms with Gasteiger partial charge >= 0.3 is 0 Å². The number of benzene rings is 1. The first kappa shape index (κ1) is 11.9. The Bertz CT molecular complexity index is 548. The average molecular weight is 275 g/mol. The van der Waals surface area contributed by atoms with Gasteiger partial charge in [-0.25, -0.2) is 4.68 Å². The fourth-order valence-corrected chi connectivity index (χ4v) is 3.63. The van der Waals surface area contributed by atoms with E-state index in [9.17, 15) is 0 Å². The quantitative estimate of drug-likeness (QED) is 0.861. The van der Waals surface area contributed by atoms with Gasteiger partial charge in [-0.05, 0) is 12.1 Å². The summed E-state index contributed by atoms with van der Waals surface area (Å²) in [7, 11) is 0. The maximum absolute atomic E-state index is 4.43. The zero-order chi connectivity index (χ0) is 12.2. The van der Waals surface area contributed by atoms with E-state index >= 15 is 0 Å². The minimum Gasteiger partial charge on any atom is -0.271 e. The highest BCUT2D eigenvalue weighted by atomic mass is 32.2. The Kier molecular flexibility index (Phi) is 3.71. The maximum atomic E-state index is 4.43. The molecular formula is C13H13N3S2. The molecule has 2 heterocycles. The molecule has 0 fully saturated rings. The smallest absolute Gasteiger partial charge is 0.124 e. The third-order valence-corrected chi connectivity index (χ3v) is 4.90. The number of thioether (sulfide) groups is 2. The number of aromatic nitrogens is 2. The number of aliphatic imine (C=N–C) groups is 1. The standard InChI is InChI=1S/C13H13N3S2/c1-2-4-12(5-3-1)16-9-11(8-15-16)10-18-13-14-6-7-17-13/h1-5,8-9H,6-7,10H2. The fourth-order valence-electron chi connectivity index (χ4n) is 1.70. The first-order valence-corrected chi connectivity index (χ1v) is 7.78. The van der Waals surface area contributed by atoms with Crippen LogP contribution in [-0.4, -0.2) is 26.5 Å². The third-order valence-electron chi connectivity index (χ3n) is 2.58. The molecule has 1 aliphatic heterocycles. The van der Waals surface area contributed by atoms with Crippen molar-refractivity contribution in [1.82, 2.24) is 9.78 Å². The molecule has 0 atom stereocenters. The molecule has 1 aromatic heterocycles. The third kappa shape index (κ3) is 2.79. The van der Waals surface area contributed by atoms with E-state index in [1.807, 2.05) is 40.8 Å². The molecule has 0 saturated carbocycles. The molecule has 0 bridgehead atoms. The summed E-state index contributed by atoms with van der Waals surface area (Å²) in [5.74, 6) is 2.07. The second-order valence-electron chi connectivity index (χ2n) is 3.91. The predicted molar refractivity (Wildman–Crippen MR) is 79.6 cm³/mol. The van der Waals surface area contributed by atoms with Crippen molar-refractivity contribution in [2.24, 2.45) is 4.99 Å². The molecule has 2 aromatic rings. The summed E-state index contributed by atoms with van der Waals surface area (Å²) in [6.45, 7) is 0.969. The van der Waals surface area contributed by atoms with Gasteiger partial charge in [0.15, 0.2) is 0 Å². The fraction of sp³-hybridized carbons (Fsp3) is 0.231. The molecule has 0 radical (unpaired) electrons. The molecule has 1 aromatic carbocycles. The van der Waals surface area contributed by atoms with Gasteiger partial charge in [-0.3, -0.25) is 4.99 Å². The zero-order valence-corrected chi connectivity index (χ0v) is 11.5. The molecule has 0 spiro atoms. The Morgan fingerprint density at radius 1 is 1.28 bits per heavy atom. The van der Waals surface area contributed by atoms with E-state index in [-0.39, 0.29) is 0 Å². The summed E-state index contributed by atoms with van der Waals surface area (Å²) in [6, 6.07) is 10.2. The van der Waals surface area contributed by atoms with Gasteiger partial charge in [0.1, 0.15) is 4.38 Å². The van der Waals surface area contributed by atoms with Crippen LogP contribution < -0.4 is 0 Å². The van der Waals surface area contributed by atoms with Crippen LogP contribution in [0.1, 0.15) is 5.56 Å². The summed E-state index contributed by atoms with van der Waals surface area (Å²) in [5, 5.41) is 4.39. The first-order valence-electron chi connectivity index (χ1n) is 5.81. The van der Waals surface area contributed by atoms with E-state index in [4.69, 9.17) is 0 Å². The van der Waals surface area contributed by atoms with Crippen LogP contribution in [-0.2, 0) is 5.75 Å². The van der Waals surface area contributed by atoms with Gasteiger partial charge in [0, 0.05) is 23.3 Å². The molecule has 5 heteroatoms. The van der Waals surface area contributed by atoms with Crippen molar-refractivity contribution in [2.75, 3.05) is 12.3 Å². The van der Waals surface area contributed by atoms with E-state index in [1.165, 1.54) is 9.94 Å². The van der Waals surface area contributed by atoms with E-state index in [0.29, 0.717) is 0 Å². The van der Waals surface area contributed by atoms with E-state index < -0.39 is 0 Å². The number of rotatable bonds is 3. The molecule has 92 valence electrons. The monoisotopic (exact) mass is 275 g/mol. The molecule has 0 saturated heterocycles. The lowest BCUT2D eigenvalue weighted by Gasteiger charge is -1.99. The molecule has 3 rings (SSSR count). The Morgan fingerprint density at radius 3 is 2.94 bits per heavy atom. The second kappa shape index (κ2) is 5.63. The van der Waals surface area contributed by atoms with Crippen LogP contribution in [0.15, 0.2) is 47.7 Å². The lowest BCUT2D eigenvalue weighted by molar-refractivity contribution is 0.880. The van der Waals surface area contributed by atoms with Gasteiger partial charge in [-0.1, -0.05) is 41.7 Å². The summed E-state index contributed by atoms with van der Waals surface area (Å²) in [4.78, 5) is 4.43. The first-order chi connectivity index (χ1) is 8.92. The molecular weight excluding hydrogens is 262 g/mol. The normalized spacial score (nSPS) is 14.8. The van der Waals surface area contributed by atoms with Crippen LogP contribution in [0.2, 0.25) is 0 Å². The molecule has 18 heavy (non-hydrogen) atoms. The molecule has 1 aliphatic rings. The van der Waals surface area contributed by atoms with Gasteiger partial charge in [0.2, 0.25) is 0 Å². The predicted octanol–water partition coefficient (Wildman–Crippen LogP) is 3.21. The van der Waals surface area contributed by atoms with Crippen LogP contribution >= 0.6 is 23.5 Å². The summed E-state index contributed by atoms with van der Waals surface area (Å²) < 4.78 is 3.13. The van der Waals surface area contributed by atoms with Crippen LogP contribution in [0.3, 0.4) is 0 Å². The van der Waals surface area contributed by atoms with Crippen LogP contribution in [0.25, 0.3) is 5.69 Å². The molecule has 0 unspecified atom stereocenters. The van der Waals surface area contributed by atoms with Crippen molar-refractivity contribution >= 4 is 27.9 Å². The highest BCUT2D eigenvalue weighted by Crippen LogP contribution is 2.25. The second-order valence-corrected chi connectivity index (χ2v) is 6.22. The molecule has 3 nitrogen and oxygen atoms in total. The number of hydrogen-bond donors (Lipinski definition) is 0. The Labute approximate surface area is 115 Å². The van der Waals surface area contributed by atoms with Crippen molar-refractivity contribution in [2.45, 2.75) is 5.75 Å². The average Bonchev–Trinajstić information content (AvgIpc) is 3.09. The largest absolute Gasteiger partial charge is 0.271 e. The summed E-state index contributed by atoms with van der Waals surface area (Å²) in [5.41, 5.74) is 2.33.